The monoisotopic (exact) mass is 816 g/mol. The van der Waals surface area contributed by atoms with Gasteiger partial charge in [0.15, 0.2) is 0 Å². The van der Waals surface area contributed by atoms with Crippen molar-refractivity contribution in [3.63, 3.8) is 0 Å². The Balaban J connectivity index is 0.000000268. The fourth-order valence-electron chi connectivity index (χ4n) is 6.02. The van der Waals surface area contributed by atoms with Crippen molar-refractivity contribution in [1.82, 2.24) is 15.5 Å². The van der Waals surface area contributed by atoms with Crippen molar-refractivity contribution in [3.8, 4) is 11.5 Å². The van der Waals surface area contributed by atoms with Crippen molar-refractivity contribution < 1.29 is 38.6 Å². The number of hydrogen-bond acceptors (Lipinski definition) is 12. The van der Waals surface area contributed by atoms with E-state index in [-0.39, 0.29) is 48.8 Å². The number of aliphatic imine (C=N–C) groups is 1. The minimum atomic E-state index is -1.02. The lowest BCUT2D eigenvalue weighted by Crippen LogP contribution is -2.54. The van der Waals surface area contributed by atoms with E-state index < -0.39 is 29.7 Å². The van der Waals surface area contributed by atoms with Crippen molar-refractivity contribution in [2.75, 3.05) is 32.9 Å². The molecular formula is C43H56N6O8S. The summed E-state index contributed by atoms with van der Waals surface area (Å²) in [5.74, 6) is -1.39. The van der Waals surface area contributed by atoms with Gasteiger partial charge < -0.3 is 19.9 Å². The number of fused-ring (bicyclic) bond motifs is 1. The van der Waals surface area contributed by atoms with Gasteiger partial charge in [0.2, 0.25) is 17.7 Å². The van der Waals surface area contributed by atoms with Gasteiger partial charge in [0.1, 0.15) is 24.1 Å². The van der Waals surface area contributed by atoms with E-state index in [0.717, 1.165) is 41.3 Å². The topological polar surface area (TPSA) is 188 Å². The molecule has 2 atom stereocenters. The molecule has 0 aliphatic carbocycles. The predicted molar refractivity (Wildman–Crippen MR) is 228 cm³/mol. The van der Waals surface area contributed by atoms with Gasteiger partial charge in [-0.2, -0.15) is 10.2 Å². The zero-order valence-electron chi connectivity index (χ0n) is 34.8. The van der Waals surface area contributed by atoms with Crippen LogP contribution in [0, 0.1) is 26.7 Å². The Morgan fingerprint density at radius 1 is 1.02 bits per heavy atom. The van der Waals surface area contributed by atoms with E-state index in [4.69, 9.17) is 14.5 Å². The molecule has 58 heavy (non-hydrogen) atoms. The van der Waals surface area contributed by atoms with Crippen molar-refractivity contribution in [2.45, 2.75) is 87.1 Å². The Morgan fingerprint density at radius 2 is 1.72 bits per heavy atom. The van der Waals surface area contributed by atoms with Crippen molar-refractivity contribution in [2.24, 2.45) is 21.1 Å². The first-order chi connectivity index (χ1) is 27.7. The molecule has 5 amide bonds. The molecule has 2 unspecified atom stereocenters. The first-order valence-corrected chi connectivity index (χ1v) is 20.2. The van der Waals surface area contributed by atoms with E-state index in [9.17, 15) is 29.1 Å². The summed E-state index contributed by atoms with van der Waals surface area (Å²) in [4.78, 5) is 68.1. The molecule has 0 spiro atoms. The van der Waals surface area contributed by atoms with Gasteiger partial charge in [0.25, 0.3) is 11.8 Å². The lowest BCUT2D eigenvalue weighted by Gasteiger charge is -2.27. The number of ether oxygens (including phenoxy) is 2. The highest BCUT2D eigenvalue weighted by molar-refractivity contribution is 7.12. The molecule has 2 aliphatic heterocycles. The largest absolute Gasteiger partial charge is 0.508 e. The molecule has 3 aromatic rings. The SMILES string of the molecule is C=N/N=C(/C)C(C)CC.CC(=O)NCCOCCOc1cccc2c1C(=O)N(C1CCC(=O)NC1=O)C2=O.CCCN=C(c1ccc(O)cc1)c1c(C)sc(C)c1C. The molecule has 15 heteroatoms. The number of carbonyl (C=O) groups excluding carboxylic acids is 5. The van der Waals surface area contributed by atoms with Crippen molar-refractivity contribution in [1.29, 1.82) is 0 Å². The average molecular weight is 817 g/mol. The van der Waals surface area contributed by atoms with Gasteiger partial charge in [0.05, 0.1) is 30.1 Å². The number of hydrogen-bond donors (Lipinski definition) is 3. The van der Waals surface area contributed by atoms with Crippen LogP contribution in [-0.2, 0) is 19.1 Å². The average Bonchev–Trinajstić information content (AvgIpc) is 3.60. The number of imide groups is 2. The summed E-state index contributed by atoms with van der Waals surface area (Å²) in [6.45, 7) is 21.4. The standard InChI is InChI=1S/C19H21N3O7.C17H21NOS.C7H14N2/c1-11(23)20-7-8-28-9-10-29-14-4-2-3-12-16(14)19(27)22(18(12)26)13-5-6-15(24)21-17(13)25;1-5-10-18-17(14-6-8-15(19)9-7-14)16-11(2)12(3)20-13(16)4;1-5-6(2)7(3)9-8-4/h2-4,13H,5-10H2,1H3,(H,20,23)(H,21,24,25);6-9,19H,5,10H2,1-4H3;6H,4-5H2,1-3H3/b;;9-7-. The molecule has 14 nitrogen and oxygen atoms in total. The van der Waals surface area contributed by atoms with Crippen LogP contribution in [0.15, 0.2) is 57.7 Å². The highest BCUT2D eigenvalue weighted by Gasteiger charge is 2.46. The number of piperidine rings is 1. The molecule has 1 aromatic heterocycles. The number of phenols is 1. The number of rotatable bonds is 15. The quantitative estimate of drug-likeness (QED) is 0.0685. The van der Waals surface area contributed by atoms with E-state index in [1.54, 1.807) is 24.3 Å². The second-order valence-electron chi connectivity index (χ2n) is 13.8. The highest BCUT2D eigenvalue weighted by Crippen LogP contribution is 2.34. The number of thiophene rings is 1. The molecule has 1 fully saturated rings. The summed E-state index contributed by atoms with van der Waals surface area (Å²) in [6, 6.07) is 11.0. The molecule has 0 saturated carbocycles. The summed E-state index contributed by atoms with van der Waals surface area (Å²) >= 11 is 1.83. The third kappa shape index (κ3) is 12.7. The lowest BCUT2D eigenvalue weighted by molar-refractivity contribution is -0.136. The minimum absolute atomic E-state index is 0.0585. The number of nitrogens with zero attached hydrogens (tertiary/aromatic N) is 4. The zero-order valence-corrected chi connectivity index (χ0v) is 35.6. The van der Waals surface area contributed by atoms with Crippen LogP contribution in [0.4, 0.5) is 0 Å². The fourth-order valence-corrected chi connectivity index (χ4v) is 7.09. The number of nitrogens with one attached hydrogen (secondary N) is 2. The summed E-state index contributed by atoms with van der Waals surface area (Å²) in [7, 11) is 0. The summed E-state index contributed by atoms with van der Waals surface area (Å²) in [5.41, 5.74) is 6.00. The summed E-state index contributed by atoms with van der Waals surface area (Å²) in [5, 5.41) is 21.5. The number of carbonyl (C=O) groups is 5. The Hall–Kier alpha value is -5.54. The first-order valence-electron chi connectivity index (χ1n) is 19.4. The van der Waals surface area contributed by atoms with Gasteiger partial charge in [0, 0.05) is 59.7 Å². The molecule has 0 radical (unpaired) electrons. The molecule has 312 valence electrons. The highest BCUT2D eigenvalue weighted by atomic mass is 32.1. The van der Waals surface area contributed by atoms with E-state index in [1.807, 2.05) is 30.4 Å². The molecule has 3 N–H and O–H groups in total. The van der Waals surface area contributed by atoms with Gasteiger partial charge >= 0.3 is 0 Å². The van der Waals surface area contributed by atoms with Crippen LogP contribution in [-0.4, -0.2) is 96.6 Å². The lowest BCUT2D eigenvalue weighted by atomic mass is 9.98. The van der Waals surface area contributed by atoms with Gasteiger partial charge in [-0.25, -0.2) is 0 Å². The number of amides is 5. The maximum Gasteiger partial charge on any atom is 0.266 e. The van der Waals surface area contributed by atoms with Crippen LogP contribution in [0.25, 0.3) is 0 Å². The van der Waals surface area contributed by atoms with Gasteiger partial charge in [-0.05, 0) is 94.8 Å². The molecule has 5 rings (SSSR count). The van der Waals surface area contributed by atoms with Crippen LogP contribution >= 0.6 is 11.3 Å². The Morgan fingerprint density at radius 3 is 2.31 bits per heavy atom. The first kappa shape index (κ1) is 46.8. The smallest absolute Gasteiger partial charge is 0.266 e. The molecule has 2 aromatic carbocycles. The number of phenolic OH excluding ortho intramolecular Hbond substituents is 1. The molecule has 1 saturated heterocycles. The second kappa shape index (κ2) is 23.0. The zero-order chi connectivity index (χ0) is 42.9. The molecular weight excluding hydrogens is 761 g/mol. The third-order valence-electron chi connectivity index (χ3n) is 9.52. The van der Waals surface area contributed by atoms with E-state index in [0.29, 0.717) is 24.8 Å². The third-order valence-corrected chi connectivity index (χ3v) is 10.6. The van der Waals surface area contributed by atoms with Crippen LogP contribution in [0.3, 0.4) is 0 Å². The van der Waals surface area contributed by atoms with Crippen LogP contribution < -0.4 is 15.4 Å². The number of aryl methyl sites for hydroxylation is 2. The normalized spacial score (nSPS) is 15.7. The maximum absolute atomic E-state index is 12.9. The van der Waals surface area contributed by atoms with Crippen LogP contribution in [0.2, 0.25) is 0 Å². The Labute approximate surface area is 344 Å². The predicted octanol–water partition coefficient (Wildman–Crippen LogP) is 6.35. The van der Waals surface area contributed by atoms with E-state index >= 15 is 0 Å². The second-order valence-corrected chi connectivity index (χ2v) is 15.2. The molecule has 0 bridgehead atoms. The van der Waals surface area contributed by atoms with E-state index in [2.05, 4.69) is 69.1 Å². The summed E-state index contributed by atoms with van der Waals surface area (Å²) in [6.07, 6.45) is 2.30. The van der Waals surface area contributed by atoms with Crippen molar-refractivity contribution >= 4 is 59.0 Å². The van der Waals surface area contributed by atoms with Gasteiger partial charge in [-0.3, -0.25) is 39.2 Å². The Kier molecular flexibility index (Phi) is 18.6. The van der Waals surface area contributed by atoms with Gasteiger partial charge in [-0.15, -0.1) is 11.3 Å². The van der Waals surface area contributed by atoms with Crippen LogP contribution in [0.1, 0.15) is 107 Å². The van der Waals surface area contributed by atoms with Crippen LogP contribution in [0.5, 0.6) is 11.5 Å². The molecule has 3 heterocycles. The maximum atomic E-state index is 12.9. The molecule has 2 aliphatic rings. The number of benzene rings is 2. The van der Waals surface area contributed by atoms with Crippen molar-refractivity contribution in [3.05, 3.63) is 80.0 Å². The van der Waals surface area contributed by atoms with Gasteiger partial charge in [-0.1, -0.05) is 26.8 Å². The Bertz CT molecular complexity index is 2010. The number of aromatic hydroxyl groups is 1. The minimum Gasteiger partial charge on any atom is -0.508 e. The summed E-state index contributed by atoms with van der Waals surface area (Å²) < 4.78 is 10.9. The van der Waals surface area contributed by atoms with E-state index in [1.165, 1.54) is 33.9 Å². The fraction of sp³-hybridized carbons (Fsp3) is 0.442.